The number of aliphatic hydroxyl groups is 1. The highest BCUT2D eigenvalue weighted by Crippen LogP contribution is 2.36. The van der Waals surface area contributed by atoms with Crippen LogP contribution in [0.1, 0.15) is 37.7 Å². The summed E-state index contributed by atoms with van der Waals surface area (Å²) >= 11 is 0. The molecule has 21 heavy (non-hydrogen) atoms. The molecule has 116 valence electrons. The van der Waals surface area contributed by atoms with Crippen LogP contribution in [0.15, 0.2) is 18.2 Å². The van der Waals surface area contributed by atoms with Gasteiger partial charge in [0.15, 0.2) is 0 Å². The summed E-state index contributed by atoms with van der Waals surface area (Å²) in [6.07, 6.45) is 5.98. The summed E-state index contributed by atoms with van der Waals surface area (Å²) in [5, 5.41) is 14.7. The molecule has 2 saturated heterocycles. The third-order valence-electron chi connectivity index (χ3n) is 4.77. The van der Waals surface area contributed by atoms with Crippen LogP contribution < -0.4 is 14.8 Å². The zero-order valence-electron chi connectivity index (χ0n) is 12.9. The van der Waals surface area contributed by atoms with Gasteiger partial charge in [0.1, 0.15) is 11.5 Å². The van der Waals surface area contributed by atoms with E-state index in [9.17, 15) is 5.11 Å². The Hall–Kier alpha value is -1.26. The highest BCUT2D eigenvalue weighted by molar-refractivity contribution is 5.39. The Labute approximate surface area is 126 Å². The second-order valence-electron chi connectivity index (χ2n) is 6.52. The van der Waals surface area contributed by atoms with E-state index in [1.807, 2.05) is 18.2 Å². The topological polar surface area (TPSA) is 50.7 Å². The van der Waals surface area contributed by atoms with Crippen molar-refractivity contribution in [1.29, 1.82) is 0 Å². The summed E-state index contributed by atoms with van der Waals surface area (Å²) in [4.78, 5) is 0. The van der Waals surface area contributed by atoms with Crippen LogP contribution in [0.25, 0.3) is 0 Å². The summed E-state index contributed by atoms with van der Waals surface area (Å²) in [7, 11) is 3.31. The molecule has 0 spiro atoms. The molecule has 2 aliphatic heterocycles. The van der Waals surface area contributed by atoms with Crippen LogP contribution in [0.5, 0.6) is 11.5 Å². The normalized spacial score (nSPS) is 31.8. The zero-order valence-corrected chi connectivity index (χ0v) is 12.9. The van der Waals surface area contributed by atoms with Crippen LogP contribution in [0.3, 0.4) is 0 Å². The molecule has 2 heterocycles. The van der Waals surface area contributed by atoms with Gasteiger partial charge < -0.3 is 19.9 Å². The largest absolute Gasteiger partial charge is 0.497 e. The molecular formula is C17H25NO3. The maximum absolute atomic E-state index is 11.0. The summed E-state index contributed by atoms with van der Waals surface area (Å²) < 4.78 is 10.6. The molecule has 0 radical (unpaired) electrons. The molecule has 2 atom stereocenters. The van der Waals surface area contributed by atoms with Gasteiger partial charge in [-0.05, 0) is 43.4 Å². The highest BCUT2D eigenvalue weighted by Gasteiger charge is 2.40. The summed E-state index contributed by atoms with van der Waals surface area (Å²) in [5.74, 6) is 1.56. The molecule has 2 bridgehead atoms. The first-order valence-corrected chi connectivity index (χ1v) is 7.80. The van der Waals surface area contributed by atoms with Gasteiger partial charge in [0.05, 0.1) is 19.8 Å². The second-order valence-corrected chi connectivity index (χ2v) is 6.52. The van der Waals surface area contributed by atoms with Crippen molar-refractivity contribution in [2.75, 3.05) is 14.2 Å². The van der Waals surface area contributed by atoms with Crippen molar-refractivity contribution < 1.29 is 14.6 Å². The first-order valence-electron chi connectivity index (χ1n) is 7.80. The van der Waals surface area contributed by atoms with Crippen molar-refractivity contribution in [3.05, 3.63) is 23.8 Å². The number of benzene rings is 1. The van der Waals surface area contributed by atoms with Crippen LogP contribution >= 0.6 is 0 Å². The predicted octanol–water partition coefficient (Wildman–Crippen LogP) is 2.28. The molecular weight excluding hydrogens is 266 g/mol. The lowest BCUT2D eigenvalue weighted by molar-refractivity contribution is -0.0303. The summed E-state index contributed by atoms with van der Waals surface area (Å²) in [5.41, 5.74) is 0.465. The fraction of sp³-hybridized carbons (Fsp3) is 0.647. The van der Waals surface area contributed by atoms with Crippen LogP contribution in [-0.4, -0.2) is 37.0 Å². The Morgan fingerprint density at radius 2 is 1.67 bits per heavy atom. The molecule has 2 fully saturated rings. The van der Waals surface area contributed by atoms with E-state index in [4.69, 9.17) is 9.47 Å². The average molecular weight is 291 g/mol. The number of fused-ring (bicyclic) bond motifs is 2. The lowest BCUT2D eigenvalue weighted by Gasteiger charge is -2.45. The smallest absolute Gasteiger partial charge is 0.122 e. The van der Waals surface area contributed by atoms with Crippen LogP contribution in [-0.2, 0) is 6.42 Å². The van der Waals surface area contributed by atoms with Crippen LogP contribution in [0.4, 0.5) is 0 Å². The number of piperidine rings is 2. The molecule has 1 aromatic rings. The van der Waals surface area contributed by atoms with Crippen molar-refractivity contribution >= 4 is 0 Å². The minimum Gasteiger partial charge on any atom is -0.497 e. The van der Waals surface area contributed by atoms with E-state index < -0.39 is 5.60 Å². The van der Waals surface area contributed by atoms with E-state index in [0.717, 1.165) is 29.9 Å². The van der Waals surface area contributed by atoms with Crippen molar-refractivity contribution in [1.82, 2.24) is 5.32 Å². The van der Waals surface area contributed by atoms with Gasteiger partial charge in [-0.3, -0.25) is 0 Å². The van der Waals surface area contributed by atoms with E-state index >= 15 is 0 Å². The highest BCUT2D eigenvalue weighted by atomic mass is 16.5. The van der Waals surface area contributed by atoms with Gasteiger partial charge in [-0.2, -0.15) is 0 Å². The van der Waals surface area contributed by atoms with Crippen LogP contribution in [0.2, 0.25) is 0 Å². The molecule has 2 N–H and O–H groups in total. The first-order chi connectivity index (χ1) is 10.1. The van der Waals surface area contributed by atoms with Gasteiger partial charge in [-0.15, -0.1) is 0 Å². The predicted molar refractivity (Wildman–Crippen MR) is 82.0 cm³/mol. The molecule has 0 aromatic heterocycles. The van der Waals surface area contributed by atoms with E-state index in [0.29, 0.717) is 18.5 Å². The molecule has 0 saturated carbocycles. The van der Waals surface area contributed by atoms with Gasteiger partial charge in [0, 0.05) is 24.6 Å². The SMILES string of the molecule is COc1cc(CC2(O)CC3CCCC(C2)N3)cc(OC)c1. The number of hydrogen-bond acceptors (Lipinski definition) is 4. The Kier molecular flexibility index (Phi) is 4.09. The lowest BCUT2D eigenvalue weighted by atomic mass is 9.74. The zero-order chi connectivity index (χ0) is 14.9. The second kappa shape index (κ2) is 5.85. The molecule has 0 aliphatic carbocycles. The Morgan fingerprint density at radius 3 is 2.19 bits per heavy atom. The maximum Gasteiger partial charge on any atom is 0.122 e. The monoisotopic (exact) mass is 291 g/mol. The Bertz CT molecular complexity index is 469. The minimum absolute atomic E-state index is 0.468. The van der Waals surface area contributed by atoms with Gasteiger partial charge in [-0.25, -0.2) is 0 Å². The van der Waals surface area contributed by atoms with E-state index in [1.54, 1.807) is 14.2 Å². The number of nitrogens with one attached hydrogen (secondary N) is 1. The van der Waals surface area contributed by atoms with Crippen molar-refractivity contribution in [3.8, 4) is 11.5 Å². The van der Waals surface area contributed by atoms with Gasteiger partial charge in [-0.1, -0.05) is 6.42 Å². The molecule has 1 aromatic carbocycles. The Morgan fingerprint density at radius 1 is 1.10 bits per heavy atom. The van der Waals surface area contributed by atoms with Gasteiger partial charge >= 0.3 is 0 Å². The van der Waals surface area contributed by atoms with Crippen molar-refractivity contribution in [2.24, 2.45) is 0 Å². The van der Waals surface area contributed by atoms with Gasteiger partial charge in [0.2, 0.25) is 0 Å². The number of ether oxygens (including phenoxy) is 2. The fourth-order valence-electron chi connectivity index (χ4n) is 3.93. The van der Waals surface area contributed by atoms with Crippen molar-refractivity contribution in [2.45, 2.75) is 56.2 Å². The quantitative estimate of drug-likeness (QED) is 0.893. The molecule has 0 amide bonds. The lowest BCUT2D eigenvalue weighted by Crippen LogP contribution is -2.56. The third-order valence-corrected chi connectivity index (χ3v) is 4.77. The van der Waals surface area contributed by atoms with Gasteiger partial charge in [0.25, 0.3) is 0 Å². The standard InChI is InChI=1S/C17H25NO3/c1-20-15-6-12(7-16(8-15)21-2)9-17(19)10-13-4-3-5-14(11-17)18-13/h6-8,13-14,18-19H,3-5,9-11H2,1-2H3. The molecule has 4 nitrogen and oxygen atoms in total. The third kappa shape index (κ3) is 3.33. The van der Waals surface area contributed by atoms with Crippen molar-refractivity contribution in [3.63, 3.8) is 0 Å². The van der Waals surface area contributed by atoms with E-state index in [2.05, 4.69) is 5.32 Å². The molecule has 2 unspecified atom stereocenters. The number of rotatable bonds is 4. The first kappa shape index (κ1) is 14.7. The average Bonchev–Trinajstić information content (AvgIpc) is 2.45. The Balaban J connectivity index is 1.78. The molecule has 3 rings (SSSR count). The fourth-order valence-corrected chi connectivity index (χ4v) is 3.93. The number of hydrogen-bond donors (Lipinski definition) is 2. The van der Waals surface area contributed by atoms with E-state index in [-0.39, 0.29) is 0 Å². The van der Waals surface area contributed by atoms with E-state index in [1.165, 1.54) is 19.3 Å². The number of methoxy groups -OCH3 is 2. The minimum atomic E-state index is -0.613. The summed E-state index contributed by atoms with van der Waals surface area (Å²) in [6, 6.07) is 6.80. The van der Waals surface area contributed by atoms with Crippen LogP contribution in [0, 0.1) is 0 Å². The summed E-state index contributed by atoms with van der Waals surface area (Å²) in [6.45, 7) is 0. The maximum atomic E-state index is 11.0. The molecule has 4 heteroatoms. The molecule has 2 aliphatic rings.